The minimum absolute atomic E-state index is 0.111. The van der Waals surface area contributed by atoms with Crippen molar-refractivity contribution >= 4 is 57.6 Å². The Bertz CT molecular complexity index is 1030. The Labute approximate surface area is 183 Å². The van der Waals surface area contributed by atoms with E-state index in [1.165, 1.54) is 34.9 Å². The molecular formula is C21H19N3O4S2. The lowest BCUT2D eigenvalue weighted by Gasteiger charge is -2.14. The molecule has 9 heteroatoms. The van der Waals surface area contributed by atoms with Gasteiger partial charge in [-0.05, 0) is 31.1 Å². The van der Waals surface area contributed by atoms with Gasteiger partial charge in [0, 0.05) is 19.0 Å². The van der Waals surface area contributed by atoms with Crippen molar-refractivity contribution in [3.05, 3.63) is 74.7 Å². The second kappa shape index (κ2) is 9.64. The Morgan fingerprint density at radius 3 is 2.63 bits per heavy atom. The van der Waals surface area contributed by atoms with Gasteiger partial charge in [-0.15, -0.1) is 0 Å². The molecule has 2 aromatic carbocycles. The predicted molar refractivity (Wildman–Crippen MR) is 122 cm³/mol. The van der Waals surface area contributed by atoms with E-state index in [4.69, 9.17) is 12.2 Å². The van der Waals surface area contributed by atoms with E-state index in [0.717, 1.165) is 11.1 Å². The van der Waals surface area contributed by atoms with Gasteiger partial charge in [-0.25, -0.2) is 0 Å². The Morgan fingerprint density at radius 2 is 1.93 bits per heavy atom. The summed E-state index contributed by atoms with van der Waals surface area (Å²) in [6.07, 6.45) is 2.30. The van der Waals surface area contributed by atoms with Gasteiger partial charge in [0.15, 0.2) is 0 Å². The highest BCUT2D eigenvalue weighted by atomic mass is 32.2. The normalized spacial score (nSPS) is 15.0. The fourth-order valence-corrected chi connectivity index (χ4v) is 4.16. The fraction of sp³-hybridized carbons (Fsp3) is 0.190. The number of aryl methyl sites for hydroxylation is 1. The highest BCUT2D eigenvalue weighted by Crippen LogP contribution is 2.32. The van der Waals surface area contributed by atoms with E-state index < -0.39 is 4.92 Å². The van der Waals surface area contributed by atoms with Gasteiger partial charge in [0.1, 0.15) is 10.0 Å². The minimum atomic E-state index is -0.546. The van der Waals surface area contributed by atoms with Crippen molar-refractivity contribution in [2.75, 3.05) is 11.9 Å². The van der Waals surface area contributed by atoms with Crippen LogP contribution in [0.15, 0.2) is 53.4 Å². The number of carbonyl (C=O) groups excluding carboxylic acids is 2. The first-order valence-corrected chi connectivity index (χ1v) is 10.4. The summed E-state index contributed by atoms with van der Waals surface area (Å²) in [7, 11) is 0. The van der Waals surface area contributed by atoms with Crippen molar-refractivity contribution in [3.63, 3.8) is 0 Å². The van der Waals surface area contributed by atoms with Crippen LogP contribution in [0.5, 0.6) is 0 Å². The highest BCUT2D eigenvalue weighted by Gasteiger charge is 2.31. The molecule has 0 atom stereocenters. The Kier molecular flexibility index (Phi) is 6.96. The van der Waals surface area contributed by atoms with E-state index in [-0.39, 0.29) is 29.6 Å². The molecule has 2 amide bonds. The molecule has 0 spiro atoms. The average molecular weight is 442 g/mol. The molecule has 0 bridgehead atoms. The van der Waals surface area contributed by atoms with Crippen LogP contribution >= 0.6 is 24.0 Å². The lowest BCUT2D eigenvalue weighted by atomic mass is 10.1. The number of nitrogens with one attached hydrogen (secondary N) is 1. The van der Waals surface area contributed by atoms with Gasteiger partial charge in [-0.3, -0.25) is 24.6 Å². The zero-order chi connectivity index (χ0) is 21.7. The highest BCUT2D eigenvalue weighted by molar-refractivity contribution is 8.26. The van der Waals surface area contributed by atoms with E-state index >= 15 is 0 Å². The van der Waals surface area contributed by atoms with Crippen LogP contribution in [-0.4, -0.2) is 32.5 Å². The first-order valence-electron chi connectivity index (χ1n) is 9.20. The second-order valence-electron chi connectivity index (χ2n) is 6.67. The van der Waals surface area contributed by atoms with Crippen molar-refractivity contribution in [1.29, 1.82) is 0 Å². The maximum absolute atomic E-state index is 12.6. The third-order valence-corrected chi connectivity index (χ3v) is 5.79. The molecule has 2 aromatic rings. The molecule has 0 aliphatic carbocycles. The van der Waals surface area contributed by atoms with E-state index in [9.17, 15) is 19.7 Å². The number of benzene rings is 2. The van der Waals surface area contributed by atoms with Crippen molar-refractivity contribution < 1.29 is 14.5 Å². The summed E-state index contributed by atoms with van der Waals surface area (Å²) in [5.41, 5.74) is 2.05. The summed E-state index contributed by atoms with van der Waals surface area (Å²) in [5.74, 6) is -0.533. The summed E-state index contributed by atoms with van der Waals surface area (Å²) >= 11 is 6.55. The molecular weight excluding hydrogens is 422 g/mol. The van der Waals surface area contributed by atoms with Crippen LogP contribution in [0, 0.1) is 17.0 Å². The van der Waals surface area contributed by atoms with Gasteiger partial charge in [-0.1, -0.05) is 65.9 Å². The number of amides is 2. The molecule has 1 fully saturated rings. The topological polar surface area (TPSA) is 92.6 Å². The Morgan fingerprint density at radius 1 is 1.23 bits per heavy atom. The standard InChI is InChI=1S/C21H19N3O4S2/c1-14-8-10-15(11-9-14)13-18-20(26)23(21(29)30-18)12-4-7-19(25)22-16-5-2-3-6-17(16)24(27)28/h2-3,5-6,8-11,13H,4,7,12H2,1H3,(H,22,25)/b18-13+. The molecule has 3 rings (SSSR count). The zero-order valence-electron chi connectivity index (χ0n) is 16.2. The number of anilines is 1. The SMILES string of the molecule is Cc1ccc(/C=C2/SC(=S)N(CCCC(=O)Nc3ccccc3[N+](=O)[O-])C2=O)cc1. The van der Waals surface area contributed by atoms with Crippen molar-refractivity contribution in [3.8, 4) is 0 Å². The maximum atomic E-state index is 12.6. The minimum Gasteiger partial charge on any atom is -0.320 e. The molecule has 0 radical (unpaired) electrons. The molecule has 1 saturated heterocycles. The Balaban J connectivity index is 1.55. The molecule has 7 nitrogen and oxygen atoms in total. The van der Waals surface area contributed by atoms with Gasteiger partial charge < -0.3 is 5.32 Å². The molecule has 0 saturated carbocycles. The third-order valence-electron chi connectivity index (χ3n) is 4.41. The number of hydrogen-bond donors (Lipinski definition) is 1. The number of nitrogens with zero attached hydrogens (tertiary/aromatic N) is 2. The van der Waals surface area contributed by atoms with Gasteiger partial charge in [-0.2, -0.15) is 0 Å². The number of thioether (sulfide) groups is 1. The summed E-state index contributed by atoms with van der Waals surface area (Å²) in [6, 6.07) is 13.8. The monoisotopic (exact) mass is 441 g/mol. The van der Waals surface area contributed by atoms with E-state index in [1.807, 2.05) is 31.2 Å². The fourth-order valence-electron chi connectivity index (χ4n) is 2.86. The summed E-state index contributed by atoms with van der Waals surface area (Å²) in [6.45, 7) is 2.30. The third kappa shape index (κ3) is 5.31. The zero-order valence-corrected chi connectivity index (χ0v) is 17.8. The summed E-state index contributed by atoms with van der Waals surface area (Å²) in [4.78, 5) is 37.3. The quantitative estimate of drug-likeness (QED) is 0.294. The molecule has 30 heavy (non-hydrogen) atoms. The average Bonchev–Trinajstić information content (AvgIpc) is 2.97. The van der Waals surface area contributed by atoms with Crippen LogP contribution in [0.4, 0.5) is 11.4 Å². The van der Waals surface area contributed by atoms with Crippen LogP contribution in [0.25, 0.3) is 6.08 Å². The number of nitro benzene ring substituents is 1. The number of thiocarbonyl (C=S) groups is 1. The van der Waals surface area contributed by atoms with Crippen LogP contribution in [-0.2, 0) is 9.59 Å². The molecule has 1 heterocycles. The van der Waals surface area contributed by atoms with Gasteiger partial charge in [0.2, 0.25) is 5.91 Å². The maximum Gasteiger partial charge on any atom is 0.292 e. The molecule has 0 aromatic heterocycles. The Hall–Kier alpha value is -3.04. The molecule has 1 aliphatic heterocycles. The number of para-hydroxylation sites is 2. The summed E-state index contributed by atoms with van der Waals surface area (Å²) in [5, 5.41) is 13.6. The number of hydrogen-bond acceptors (Lipinski definition) is 6. The predicted octanol–water partition coefficient (Wildman–Crippen LogP) is 4.52. The molecule has 1 aliphatic rings. The molecule has 0 unspecified atom stereocenters. The van der Waals surface area contributed by atoms with Crippen molar-refractivity contribution in [2.24, 2.45) is 0 Å². The smallest absolute Gasteiger partial charge is 0.292 e. The lowest BCUT2D eigenvalue weighted by Crippen LogP contribution is -2.29. The largest absolute Gasteiger partial charge is 0.320 e. The van der Waals surface area contributed by atoms with Crippen LogP contribution in [0.1, 0.15) is 24.0 Å². The van der Waals surface area contributed by atoms with E-state index in [2.05, 4.69) is 5.32 Å². The van der Waals surface area contributed by atoms with Crippen LogP contribution in [0.2, 0.25) is 0 Å². The first-order chi connectivity index (χ1) is 14.3. The number of rotatable bonds is 7. The first kappa shape index (κ1) is 21.7. The van der Waals surface area contributed by atoms with E-state index in [1.54, 1.807) is 12.1 Å². The van der Waals surface area contributed by atoms with Gasteiger partial charge >= 0.3 is 0 Å². The number of carbonyl (C=O) groups is 2. The van der Waals surface area contributed by atoms with Crippen molar-refractivity contribution in [1.82, 2.24) is 4.90 Å². The number of nitro groups is 1. The van der Waals surface area contributed by atoms with Crippen LogP contribution in [0.3, 0.4) is 0 Å². The molecule has 154 valence electrons. The van der Waals surface area contributed by atoms with Gasteiger partial charge in [0.05, 0.1) is 9.83 Å². The molecule has 1 N–H and O–H groups in total. The summed E-state index contributed by atoms with van der Waals surface area (Å²) < 4.78 is 0.456. The van der Waals surface area contributed by atoms with Gasteiger partial charge in [0.25, 0.3) is 11.6 Å². The van der Waals surface area contributed by atoms with Crippen LogP contribution < -0.4 is 5.32 Å². The second-order valence-corrected chi connectivity index (χ2v) is 8.35. The van der Waals surface area contributed by atoms with E-state index in [0.29, 0.717) is 22.2 Å². The van der Waals surface area contributed by atoms with Crippen molar-refractivity contribution in [2.45, 2.75) is 19.8 Å². The lowest BCUT2D eigenvalue weighted by molar-refractivity contribution is -0.383.